The molecule has 0 aliphatic carbocycles. The molecule has 7 nitrogen and oxygen atoms in total. The Morgan fingerprint density at radius 1 is 1.21 bits per heavy atom. The average molecular weight is 328 g/mol. The van der Waals surface area contributed by atoms with Crippen molar-refractivity contribution in [3.63, 3.8) is 0 Å². The first-order valence-corrected chi connectivity index (χ1v) is 7.15. The van der Waals surface area contributed by atoms with E-state index in [1.165, 1.54) is 6.07 Å². The lowest BCUT2D eigenvalue weighted by Gasteiger charge is -2.03. The van der Waals surface area contributed by atoms with Crippen LogP contribution in [-0.4, -0.2) is 15.1 Å². The smallest absolute Gasteiger partial charge is 0.306 e. The van der Waals surface area contributed by atoms with Crippen molar-refractivity contribution in [2.75, 3.05) is 5.32 Å². The number of aromatic nitrogens is 2. The number of rotatable bonds is 6. The molecule has 0 saturated heterocycles. The highest BCUT2D eigenvalue weighted by molar-refractivity contribution is 5.51. The lowest BCUT2D eigenvalue weighted by molar-refractivity contribution is -0.387. The van der Waals surface area contributed by atoms with Crippen LogP contribution in [0.1, 0.15) is 17.3 Å². The van der Waals surface area contributed by atoms with Gasteiger partial charge in [-0.1, -0.05) is 35.5 Å². The average Bonchev–Trinajstić information content (AvgIpc) is 3.02. The molecule has 0 aliphatic heterocycles. The molecule has 3 aromatic rings. The summed E-state index contributed by atoms with van der Waals surface area (Å²) in [7, 11) is 0. The Bertz CT molecular complexity index is 852. The molecular formula is C16H13FN4O3. The van der Waals surface area contributed by atoms with Gasteiger partial charge in [0.05, 0.1) is 11.5 Å². The molecule has 1 N–H and O–H groups in total. The van der Waals surface area contributed by atoms with Gasteiger partial charge < -0.3 is 9.84 Å². The third-order valence-corrected chi connectivity index (χ3v) is 3.30. The van der Waals surface area contributed by atoms with Gasteiger partial charge in [0.25, 0.3) is 0 Å². The number of nitro benzene ring substituents is 1. The Morgan fingerprint density at radius 3 is 2.75 bits per heavy atom. The summed E-state index contributed by atoms with van der Waals surface area (Å²) in [5.41, 5.74) is 0.869. The molecule has 3 rings (SSSR count). The summed E-state index contributed by atoms with van der Waals surface area (Å²) in [6.45, 7) is 0.185. The van der Waals surface area contributed by atoms with Gasteiger partial charge in [-0.15, -0.1) is 0 Å². The minimum Gasteiger partial charge on any atom is -0.376 e. The van der Waals surface area contributed by atoms with E-state index in [-0.39, 0.29) is 6.54 Å². The minimum atomic E-state index is -0.881. The summed E-state index contributed by atoms with van der Waals surface area (Å²) >= 11 is 0. The van der Waals surface area contributed by atoms with Crippen molar-refractivity contribution in [1.29, 1.82) is 0 Å². The maximum Gasteiger partial charge on any atom is 0.306 e. The third kappa shape index (κ3) is 3.72. The topological polar surface area (TPSA) is 94.1 Å². The van der Waals surface area contributed by atoms with Crippen molar-refractivity contribution >= 4 is 11.4 Å². The maximum atomic E-state index is 13.3. The molecule has 0 atom stereocenters. The van der Waals surface area contributed by atoms with Crippen LogP contribution >= 0.6 is 0 Å². The molecule has 0 bridgehead atoms. The van der Waals surface area contributed by atoms with Crippen molar-refractivity contribution in [3.05, 3.63) is 81.7 Å². The Kier molecular flexibility index (Phi) is 4.46. The fraction of sp³-hybridized carbons (Fsp3) is 0.125. The lowest BCUT2D eigenvalue weighted by atomic mass is 10.1. The zero-order valence-corrected chi connectivity index (χ0v) is 12.5. The fourth-order valence-corrected chi connectivity index (χ4v) is 2.15. The van der Waals surface area contributed by atoms with Gasteiger partial charge in [-0.3, -0.25) is 10.1 Å². The molecule has 8 heteroatoms. The van der Waals surface area contributed by atoms with Gasteiger partial charge in [0.1, 0.15) is 0 Å². The molecule has 1 heterocycles. The van der Waals surface area contributed by atoms with Gasteiger partial charge in [-0.2, -0.15) is 9.37 Å². The number of halogens is 1. The first-order valence-electron chi connectivity index (χ1n) is 7.15. The molecule has 0 spiro atoms. The quantitative estimate of drug-likeness (QED) is 0.551. The van der Waals surface area contributed by atoms with E-state index >= 15 is 0 Å². The molecule has 1 aromatic heterocycles. The number of nitro groups is 1. The first kappa shape index (κ1) is 15.6. The minimum absolute atomic E-state index is 0.185. The molecule has 0 saturated carbocycles. The first-order chi connectivity index (χ1) is 11.6. The SMILES string of the molecule is O=[N+]([O-])c1cc(NCc2nc(Cc3ccccc3)no2)ccc1F. The molecule has 0 amide bonds. The Hall–Kier alpha value is -3.29. The van der Waals surface area contributed by atoms with Gasteiger partial charge in [0.15, 0.2) is 5.82 Å². The van der Waals surface area contributed by atoms with Gasteiger partial charge >= 0.3 is 5.69 Å². The molecule has 2 aromatic carbocycles. The molecule has 0 unspecified atom stereocenters. The summed E-state index contributed by atoms with van der Waals surface area (Å²) in [6.07, 6.45) is 0.548. The number of hydrogen-bond donors (Lipinski definition) is 1. The second-order valence-electron chi connectivity index (χ2n) is 5.04. The van der Waals surface area contributed by atoms with Gasteiger partial charge in [-0.25, -0.2) is 0 Å². The number of nitrogens with one attached hydrogen (secondary N) is 1. The van der Waals surface area contributed by atoms with Gasteiger partial charge in [-0.05, 0) is 17.7 Å². The Balaban J connectivity index is 1.63. The summed E-state index contributed by atoms with van der Waals surface area (Å²) in [5, 5.41) is 17.5. The highest BCUT2D eigenvalue weighted by atomic mass is 19.1. The van der Waals surface area contributed by atoms with Crippen LogP contribution in [0.15, 0.2) is 53.1 Å². The second-order valence-corrected chi connectivity index (χ2v) is 5.04. The van der Waals surface area contributed by atoms with E-state index in [1.54, 1.807) is 0 Å². The number of benzene rings is 2. The third-order valence-electron chi connectivity index (χ3n) is 3.30. The summed E-state index contributed by atoms with van der Waals surface area (Å²) in [6, 6.07) is 13.3. The second kappa shape index (κ2) is 6.86. The van der Waals surface area contributed by atoms with Crippen molar-refractivity contribution in [3.8, 4) is 0 Å². The molecule has 0 fully saturated rings. The Morgan fingerprint density at radius 2 is 2.00 bits per heavy atom. The van der Waals surface area contributed by atoms with Crippen molar-refractivity contribution < 1.29 is 13.8 Å². The monoisotopic (exact) mass is 328 g/mol. The van der Waals surface area contributed by atoms with E-state index in [1.807, 2.05) is 30.3 Å². The van der Waals surface area contributed by atoms with E-state index in [0.29, 0.717) is 23.8 Å². The van der Waals surface area contributed by atoms with Crippen LogP contribution in [0.5, 0.6) is 0 Å². The summed E-state index contributed by atoms with van der Waals surface area (Å²) in [5.74, 6) is 0.00415. The highest BCUT2D eigenvalue weighted by Gasteiger charge is 2.14. The van der Waals surface area contributed by atoms with Crippen molar-refractivity contribution in [1.82, 2.24) is 10.1 Å². The fourth-order valence-electron chi connectivity index (χ4n) is 2.15. The van der Waals surface area contributed by atoms with Crippen LogP contribution in [0.2, 0.25) is 0 Å². The zero-order chi connectivity index (χ0) is 16.9. The van der Waals surface area contributed by atoms with E-state index in [0.717, 1.165) is 17.7 Å². The van der Waals surface area contributed by atoms with Crippen LogP contribution in [0.25, 0.3) is 0 Å². The molecule has 0 radical (unpaired) electrons. The number of hydrogen-bond acceptors (Lipinski definition) is 6. The van der Waals surface area contributed by atoms with Gasteiger partial charge in [0.2, 0.25) is 11.7 Å². The summed E-state index contributed by atoms with van der Waals surface area (Å²) < 4.78 is 18.4. The summed E-state index contributed by atoms with van der Waals surface area (Å²) in [4.78, 5) is 14.2. The van der Waals surface area contributed by atoms with Crippen molar-refractivity contribution in [2.45, 2.75) is 13.0 Å². The number of anilines is 1. The van der Waals surface area contributed by atoms with Crippen LogP contribution in [-0.2, 0) is 13.0 Å². The van der Waals surface area contributed by atoms with Gasteiger partial charge in [0, 0.05) is 18.2 Å². The predicted octanol–water partition coefficient (Wildman–Crippen LogP) is 3.32. The molecular weight excluding hydrogens is 315 g/mol. The normalized spacial score (nSPS) is 10.5. The maximum absolute atomic E-state index is 13.3. The van der Waals surface area contributed by atoms with Crippen LogP contribution in [0.4, 0.5) is 15.8 Å². The van der Waals surface area contributed by atoms with Crippen LogP contribution < -0.4 is 5.32 Å². The molecule has 122 valence electrons. The van der Waals surface area contributed by atoms with E-state index < -0.39 is 16.4 Å². The van der Waals surface area contributed by atoms with E-state index in [2.05, 4.69) is 15.5 Å². The molecule has 0 aliphatic rings. The Labute approximate surface area is 136 Å². The standard InChI is InChI=1S/C16H13FN4O3/c17-13-7-6-12(9-14(13)21(22)23)18-10-16-19-15(20-24-16)8-11-4-2-1-3-5-11/h1-7,9,18H,8,10H2. The van der Waals surface area contributed by atoms with E-state index in [9.17, 15) is 14.5 Å². The highest BCUT2D eigenvalue weighted by Crippen LogP contribution is 2.22. The largest absolute Gasteiger partial charge is 0.376 e. The van der Waals surface area contributed by atoms with Crippen LogP contribution in [0.3, 0.4) is 0 Å². The van der Waals surface area contributed by atoms with Crippen LogP contribution in [0, 0.1) is 15.9 Å². The molecule has 24 heavy (non-hydrogen) atoms. The predicted molar refractivity (Wildman–Crippen MR) is 83.9 cm³/mol. The zero-order valence-electron chi connectivity index (χ0n) is 12.5. The number of nitrogens with zero attached hydrogens (tertiary/aromatic N) is 3. The lowest BCUT2D eigenvalue weighted by Crippen LogP contribution is -2.01. The van der Waals surface area contributed by atoms with Crippen molar-refractivity contribution in [2.24, 2.45) is 0 Å². The van der Waals surface area contributed by atoms with E-state index in [4.69, 9.17) is 4.52 Å².